The Morgan fingerprint density at radius 3 is 2.88 bits per heavy atom. The summed E-state index contributed by atoms with van der Waals surface area (Å²) >= 11 is 0. The number of nitrogens with zero attached hydrogens (tertiary/aromatic N) is 3. The minimum Gasteiger partial charge on any atom is -0.396 e. The molecule has 2 rings (SSSR count). The van der Waals surface area contributed by atoms with Crippen LogP contribution in [0.25, 0.3) is 0 Å². The number of nitrogens with two attached hydrogens (primary N) is 1. The second-order valence-electron chi connectivity index (χ2n) is 3.78. The van der Waals surface area contributed by atoms with Crippen LogP contribution in [0, 0.1) is 13.8 Å². The smallest absolute Gasteiger partial charge is 0.246 e. The predicted molar refractivity (Wildman–Crippen MR) is 63.3 cm³/mol. The van der Waals surface area contributed by atoms with E-state index in [1.807, 2.05) is 13.8 Å². The third-order valence-electron chi connectivity index (χ3n) is 2.51. The molecule has 0 aliphatic carbocycles. The maximum Gasteiger partial charge on any atom is 0.246 e. The molecule has 0 atom stereocenters. The van der Waals surface area contributed by atoms with Crippen molar-refractivity contribution in [3.8, 4) is 0 Å². The molecule has 0 spiro atoms. The lowest BCUT2D eigenvalue weighted by atomic mass is 10.3. The highest BCUT2D eigenvalue weighted by Gasteiger charge is 2.11. The number of rotatable bonds is 3. The number of nitrogen functional groups attached to an aromatic ring is 1. The standard InChI is InChI=1S/C10H14N6O/c1-6-10(11)7(2)16(15-6)5-9(17)14-8-3-12-13-4-8/h3-4H,5,11H2,1-2H3,(H,12,13)(H,14,17). The molecule has 0 aliphatic heterocycles. The number of aromatic nitrogens is 4. The highest BCUT2D eigenvalue weighted by molar-refractivity contribution is 5.90. The summed E-state index contributed by atoms with van der Waals surface area (Å²) in [7, 11) is 0. The Kier molecular flexibility index (Phi) is 2.82. The van der Waals surface area contributed by atoms with Crippen LogP contribution in [-0.2, 0) is 11.3 Å². The zero-order valence-electron chi connectivity index (χ0n) is 9.69. The summed E-state index contributed by atoms with van der Waals surface area (Å²) in [6.07, 6.45) is 3.14. The van der Waals surface area contributed by atoms with Crippen molar-refractivity contribution < 1.29 is 4.79 Å². The number of aromatic amines is 1. The average Bonchev–Trinajstić information content (AvgIpc) is 2.85. The van der Waals surface area contributed by atoms with Gasteiger partial charge in [-0.2, -0.15) is 10.2 Å². The molecule has 0 aliphatic rings. The molecular weight excluding hydrogens is 220 g/mol. The molecule has 2 aromatic heterocycles. The quantitative estimate of drug-likeness (QED) is 0.717. The van der Waals surface area contributed by atoms with E-state index < -0.39 is 0 Å². The fourth-order valence-corrected chi connectivity index (χ4v) is 1.52. The molecule has 2 aromatic rings. The Labute approximate surface area is 98.0 Å². The van der Waals surface area contributed by atoms with Crippen molar-refractivity contribution >= 4 is 17.3 Å². The Morgan fingerprint density at radius 2 is 2.35 bits per heavy atom. The first-order valence-electron chi connectivity index (χ1n) is 5.16. The molecule has 0 bridgehead atoms. The summed E-state index contributed by atoms with van der Waals surface area (Å²) < 4.78 is 1.58. The zero-order chi connectivity index (χ0) is 12.4. The van der Waals surface area contributed by atoms with E-state index in [2.05, 4.69) is 20.6 Å². The van der Waals surface area contributed by atoms with Gasteiger partial charge < -0.3 is 11.1 Å². The Balaban J connectivity index is 2.06. The first kappa shape index (κ1) is 11.2. The lowest BCUT2D eigenvalue weighted by molar-refractivity contribution is -0.116. The van der Waals surface area contributed by atoms with Crippen molar-refractivity contribution in [1.82, 2.24) is 20.0 Å². The molecular formula is C10H14N6O. The Bertz CT molecular complexity index is 527. The number of hydrogen-bond acceptors (Lipinski definition) is 4. The van der Waals surface area contributed by atoms with Gasteiger partial charge in [-0.3, -0.25) is 14.6 Å². The van der Waals surface area contributed by atoms with Crippen molar-refractivity contribution in [2.45, 2.75) is 20.4 Å². The molecule has 90 valence electrons. The fourth-order valence-electron chi connectivity index (χ4n) is 1.52. The molecule has 0 aromatic carbocycles. The van der Waals surface area contributed by atoms with Crippen molar-refractivity contribution in [2.24, 2.45) is 0 Å². The van der Waals surface area contributed by atoms with E-state index in [1.54, 1.807) is 10.9 Å². The van der Waals surface area contributed by atoms with Crippen LogP contribution in [0.15, 0.2) is 12.4 Å². The maximum atomic E-state index is 11.7. The number of nitrogens with one attached hydrogen (secondary N) is 2. The van der Waals surface area contributed by atoms with Gasteiger partial charge in [-0.25, -0.2) is 0 Å². The van der Waals surface area contributed by atoms with Crippen LogP contribution in [-0.4, -0.2) is 25.9 Å². The van der Waals surface area contributed by atoms with Crippen LogP contribution in [0.1, 0.15) is 11.4 Å². The second kappa shape index (κ2) is 4.28. The molecule has 1 amide bonds. The van der Waals surface area contributed by atoms with Crippen LogP contribution in [0.4, 0.5) is 11.4 Å². The lowest BCUT2D eigenvalue weighted by Gasteiger charge is -2.04. The normalized spacial score (nSPS) is 10.5. The van der Waals surface area contributed by atoms with Gasteiger partial charge in [0, 0.05) is 6.20 Å². The molecule has 4 N–H and O–H groups in total. The summed E-state index contributed by atoms with van der Waals surface area (Å²) in [5, 5.41) is 13.2. The predicted octanol–water partition coefficient (Wildman–Crippen LogP) is 0.444. The summed E-state index contributed by atoms with van der Waals surface area (Å²) in [5.41, 5.74) is 8.57. The topological polar surface area (TPSA) is 102 Å². The first-order valence-corrected chi connectivity index (χ1v) is 5.16. The second-order valence-corrected chi connectivity index (χ2v) is 3.78. The lowest BCUT2D eigenvalue weighted by Crippen LogP contribution is -2.20. The van der Waals surface area contributed by atoms with E-state index in [4.69, 9.17) is 5.73 Å². The van der Waals surface area contributed by atoms with E-state index in [0.717, 1.165) is 11.4 Å². The minimum absolute atomic E-state index is 0.134. The zero-order valence-corrected chi connectivity index (χ0v) is 9.69. The van der Waals surface area contributed by atoms with Crippen molar-refractivity contribution in [3.05, 3.63) is 23.8 Å². The van der Waals surface area contributed by atoms with Crippen LogP contribution in [0.3, 0.4) is 0 Å². The fraction of sp³-hybridized carbons (Fsp3) is 0.300. The van der Waals surface area contributed by atoms with E-state index in [1.165, 1.54) is 6.20 Å². The van der Waals surface area contributed by atoms with Gasteiger partial charge >= 0.3 is 0 Å². The summed E-state index contributed by atoms with van der Waals surface area (Å²) in [4.78, 5) is 11.7. The highest BCUT2D eigenvalue weighted by atomic mass is 16.2. The molecule has 0 saturated carbocycles. The third kappa shape index (κ3) is 2.27. The van der Waals surface area contributed by atoms with Crippen LogP contribution in [0.2, 0.25) is 0 Å². The van der Waals surface area contributed by atoms with Crippen molar-refractivity contribution in [1.29, 1.82) is 0 Å². The van der Waals surface area contributed by atoms with Gasteiger partial charge in [0.05, 0.1) is 29.0 Å². The average molecular weight is 234 g/mol. The van der Waals surface area contributed by atoms with Crippen LogP contribution < -0.4 is 11.1 Å². The van der Waals surface area contributed by atoms with E-state index in [-0.39, 0.29) is 12.5 Å². The molecule has 7 heteroatoms. The number of H-pyrrole nitrogens is 1. The van der Waals surface area contributed by atoms with Gasteiger partial charge in [0.1, 0.15) is 6.54 Å². The van der Waals surface area contributed by atoms with Gasteiger partial charge in [-0.05, 0) is 13.8 Å². The van der Waals surface area contributed by atoms with Crippen molar-refractivity contribution in [2.75, 3.05) is 11.1 Å². The van der Waals surface area contributed by atoms with Gasteiger partial charge in [-0.1, -0.05) is 0 Å². The number of carbonyl (C=O) groups excluding carboxylic acids is 1. The first-order chi connectivity index (χ1) is 8.08. The van der Waals surface area contributed by atoms with Crippen molar-refractivity contribution in [3.63, 3.8) is 0 Å². The van der Waals surface area contributed by atoms with Gasteiger partial charge in [0.2, 0.25) is 5.91 Å². The molecule has 0 saturated heterocycles. The monoisotopic (exact) mass is 234 g/mol. The van der Waals surface area contributed by atoms with Crippen LogP contribution >= 0.6 is 0 Å². The number of amides is 1. The van der Waals surface area contributed by atoms with E-state index >= 15 is 0 Å². The van der Waals surface area contributed by atoms with E-state index in [0.29, 0.717) is 11.4 Å². The van der Waals surface area contributed by atoms with Gasteiger partial charge in [0.25, 0.3) is 0 Å². The minimum atomic E-state index is -0.169. The number of anilines is 2. The van der Waals surface area contributed by atoms with Gasteiger partial charge in [-0.15, -0.1) is 0 Å². The number of carbonyl (C=O) groups is 1. The molecule has 2 heterocycles. The Morgan fingerprint density at radius 1 is 1.59 bits per heavy atom. The molecule has 0 fully saturated rings. The third-order valence-corrected chi connectivity index (χ3v) is 2.51. The maximum absolute atomic E-state index is 11.7. The SMILES string of the molecule is Cc1nn(CC(=O)Nc2cn[nH]c2)c(C)c1N. The van der Waals surface area contributed by atoms with Gasteiger partial charge in [0.15, 0.2) is 0 Å². The largest absolute Gasteiger partial charge is 0.396 e. The highest BCUT2D eigenvalue weighted by Crippen LogP contribution is 2.14. The molecule has 0 radical (unpaired) electrons. The number of aryl methyl sites for hydroxylation is 1. The molecule has 17 heavy (non-hydrogen) atoms. The van der Waals surface area contributed by atoms with E-state index in [9.17, 15) is 4.79 Å². The van der Waals surface area contributed by atoms with Crippen LogP contribution in [0.5, 0.6) is 0 Å². The Hall–Kier alpha value is -2.31. The molecule has 0 unspecified atom stereocenters. The summed E-state index contributed by atoms with van der Waals surface area (Å²) in [5.74, 6) is -0.169. The number of hydrogen-bond donors (Lipinski definition) is 3. The summed E-state index contributed by atoms with van der Waals surface area (Å²) in [6, 6.07) is 0. The summed E-state index contributed by atoms with van der Waals surface area (Å²) in [6.45, 7) is 3.78. The molecule has 7 nitrogen and oxygen atoms in total.